The van der Waals surface area contributed by atoms with Crippen molar-refractivity contribution in [3.63, 3.8) is 0 Å². The lowest BCUT2D eigenvalue weighted by Crippen LogP contribution is -2.39. The van der Waals surface area contributed by atoms with Crippen molar-refractivity contribution in [3.8, 4) is 0 Å². The van der Waals surface area contributed by atoms with Gasteiger partial charge >= 0.3 is 5.97 Å². The highest BCUT2D eigenvalue weighted by Gasteiger charge is 2.28. The lowest BCUT2D eigenvalue weighted by molar-refractivity contribution is -0.385. The quantitative estimate of drug-likeness (QED) is 0.681. The second-order valence-electron chi connectivity index (χ2n) is 5.13. The zero-order valence-corrected chi connectivity index (χ0v) is 11.7. The predicted octanol–water partition coefficient (Wildman–Crippen LogP) is 3.20. The number of nitro groups is 1. The second-order valence-corrected chi connectivity index (χ2v) is 5.13. The first-order valence-corrected chi connectivity index (χ1v) is 6.93. The van der Waals surface area contributed by atoms with Crippen LogP contribution in [0.1, 0.15) is 43.0 Å². The van der Waals surface area contributed by atoms with E-state index in [1.165, 1.54) is 0 Å². The van der Waals surface area contributed by atoms with Crippen molar-refractivity contribution in [1.82, 2.24) is 0 Å². The molecule has 1 unspecified atom stereocenters. The third kappa shape index (κ3) is 2.96. The van der Waals surface area contributed by atoms with E-state index in [1.807, 2.05) is 11.8 Å². The minimum atomic E-state index is -1.42. The third-order valence-electron chi connectivity index (χ3n) is 3.90. The number of anilines is 1. The summed E-state index contributed by atoms with van der Waals surface area (Å²) in [5.74, 6) is -2.17. The highest BCUT2D eigenvalue weighted by atomic mass is 19.1. The van der Waals surface area contributed by atoms with Gasteiger partial charge in [-0.2, -0.15) is 0 Å². The lowest BCUT2D eigenvalue weighted by Gasteiger charge is -2.37. The van der Waals surface area contributed by atoms with Crippen molar-refractivity contribution < 1.29 is 19.2 Å². The highest BCUT2D eigenvalue weighted by Crippen LogP contribution is 2.33. The monoisotopic (exact) mass is 296 g/mol. The van der Waals surface area contributed by atoms with Crippen LogP contribution in [0.5, 0.6) is 0 Å². The Bertz CT molecular complexity index is 576. The van der Waals surface area contributed by atoms with E-state index in [9.17, 15) is 19.3 Å². The molecule has 1 heterocycles. The molecular formula is C14H17FN2O4. The Morgan fingerprint density at radius 1 is 1.52 bits per heavy atom. The number of carboxylic acid groups (broad SMARTS) is 1. The summed E-state index contributed by atoms with van der Waals surface area (Å²) in [5.41, 5.74) is -1.05. The van der Waals surface area contributed by atoms with Crippen LogP contribution < -0.4 is 4.90 Å². The first kappa shape index (κ1) is 15.2. The Kier molecular flexibility index (Phi) is 4.40. The molecule has 0 spiro atoms. The second kappa shape index (κ2) is 6.07. The first-order chi connectivity index (χ1) is 9.95. The summed E-state index contributed by atoms with van der Waals surface area (Å²) in [4.78, 5) is 23.0. The number of nitro benzene ring substituents is 1. The van der Waals surface area contributed by atoms with Crippen LogP contribution in [-0.4, -0.2) is 28.6 Å². The number of hydrogen-bond donors (Lipinski definition) is 1. The van der Waals surface area contributed by atoms with E-state index < -0.39 is 28.0 Å². The average molecular weight is 296 g/mol. The molecule has 2 rings (SSSR count). The van der Waals surface area contributed by atoms with Gasteiger partial charge in [0.1, 0.15) is 5.56 Å². The Hall–Kier alpha value is -2.18. The number of benzene rings is 1. The van der Waals surface area contributed by atoms with Crippen LogP contribution in [0.4, 0.5) is 15.8 Å². The van der Waals surface area contributed by atoms with E-state index >= 15 is 0 Å². The van der Waals surface area contributed by atoms with Gasteiger partial charge in [-0.3, -0.25) is 10.1 Å². The highest BCUT2D eigenvalue weighted by molar-refractivity contribution is 5.93. The van der Waals surface area contributed by atoms with Gasteiger partial charge in [0.2, 0.25) is 0 Å². The van der Waals surface area contributed by atoms with Crippen molar-refractivity contribution in [2.24, 2.45) is 0 Å². The van der Waals surface area contributed by atoms with E-state index in [-0.39, 0.29) is 11.7 Å². The number of nitrogens with zero attached hydrogens (tertiary/aromatic N) is 2. The SMILES string of the molecule is CCC1CCCCN1c1cc(C(=O)O)c([N+](=O)[O-])cc1F. The zero-order valence-electron chi connectivity index (χ0n) is 11.7. The van der Waals surface area contributed by atoms with Crippen LogP contribution >= 0.6 is 0 Å². The summed E-state index contributed by atoms with van der Waals surface area (Å²) in [7, 11) is 0. The molecule has 1 fully saturated rings. The minimum absolute atomic E-state index is 0.136. The smallest absolute Gasteiger partial charge is 0.342 e. The van der Waals surface area contributed by atoms with Crippen LogP contribution in [0.25, 0.3) is 0 Å². The van der Waals surface area contributed by atoms with E-state index in [0.29, 0.717) is 12.6 Å². The maximum atomic E-state index is 14.2. The summed E-state index contributed by atoms with van der Waals surface area (Å²) in [6.07, 6.45) is 3.68. The number of carboxylic acids is 1. The van der Waals surface area contributed by atoms with Crippen LogP contribution in [0.15, 0.2) is 12.1 Å². The molecule has 0 aliphatic carbocycles. The van der Waals surface area contributed by atoms with E-state index in [1.54, 1.807) is 0 Å². The Morgan fingerprint density at radius 2 is 2.24 bits per heavy atom. The van der Waals surface area contributed by atoms with Crippen LogP contribution in [0, 0.1) is 15.9 Å². The van der Waals surface area contributed by atoms with Gasteiger partial charge in [0.15, 0.2) is 5.82 Å². The van der Waals surface area contributed by atoms with E-state index in [2.05, 4.69) is 0 Å². The average Bonchev–Trinajstić information content (AvgIpc) is 2.46. The van der Waals surface area contributed by atoms with Crippen molar-refractivity contribution in [1.29, 1.82) is 0 Å². The number of piperidine rings is 1. The normalized spacial score (nSPS) is 18.6. The molecule has 7 heteroatoms. The maximum absolute atomic E-state index is 14.2. The summed E-state index contributed by atoms with van der Waals surface area (Å²) < 4.78 is 14.2. The predicted molar refractivity (Wildman–Crippen MR) is 75.3 cm³/mol. The van der Waals surface area contributed by atoms with Crippen molar-refractivity contribution >= 4 is 17.3 Å². The molecule has 1 aromatic carbocycles. The minimum Gasteiger partial charge on any atom is -0.477 e. The van der Waals surface area contributed by atoms with Gasteiger partial charge in [-0.1, -0.05) is 6.92 Å². The van der Waals surface area contributed by atoms with Crippen molar-refractivity contribution in [2.45, 2.75) is 38.6 Å². The summed E-state index contributed by atoms with van der Waals surface area (Å²) in [6, 6.07) is 1.93. The number of rotatable bonds is 4. The number of carbonyl (C=O) groups is 1. The number of aromatic carboxylic acids is 1. The van der Waals surface area contributed by atoms with Gasteiger partial charge in [0.25, 0.3) is 5.69 Å². The molecule has 0 saturated carbocycles. The molecule has 0 aromatic heterocycles. The number of hydrogen-bond acceptors (Lipinski definition) is 4. The molecule has 6 nitrogen and oxygen atoms in total. The van der Waals surface area contributed by atoms with Gasteiger partial charge in [-0.15, -0.1) is 0 Å². The molecule has 0 bridgehead atoms. The van der Waals surface area contributed by atoms with Crippen LogP contribution in [0.3, 0.4) is 0 Å². The standard InChI is InChI=1S/C14H17FN2O4/c1-2-9-5-3-4-6-16(9)13-7-10(14(18)19)12(17(20)21)8-11(13)15/h7-9H,2-6H2,1H3,(H,18,19). The molecule has 1 saturated heterocycles. The molecule has 0 amide bonds. The van der Waals surface area contributed by atoms with Crippen molar-refractivity contribution in [2.75, 3.05) is 11.4 Å². The molecule has 1 aromatic rings. The van der Waals surface area contributed by atoms with Gasteiger partial charge in [-0.25, -0.2) is 9.18 Å². The molecule has 1 atom stereocenters. The Morgan fingerprint density at radius 3 is 2.81 bits per heavy atom. The fourth-order valence-electron chi connectivity index (χ4n) is 2.84. The third-order valence-corrected chi connectivity index (χ3v) is 3.90. The van der Waals surface area contributed by atoms with Crippen LogP contribution in [0.2, 0.25) is 0 Å². The maximum Gasteiger partial charge on any atom is 0.342 e. The number of halogens is 1. The van der Waals surface area contributed by atoms with Gasteiger partial charge in [-0.05, 0) is 31.7 Å². The van der Waals surface area contributed by atoms with Crippen LogP contribution in [-0.2, 0) is 0 Å². The summed E-state index contributed by atoms with van der Waals surface area (Å²) in [5, 5.41) is 20.0. The Balaban J connectivity index is 2.51. The molecular weight excluding hydrogens is 279 g/mol. The van der Waals surface area contributed by atoms with Gasteiger partial charge in [0, 0.05) is 12.6 Å². The fraction of sp³-hybridized carbons (Fsp3) is 0.500. The molecule has 1 aliphatic rings. The van der Waals surface area contributed by atoms with Gasteiger partial charge in [0.05, 0.1) is 16.7 Å². The topological polar surface area (TPSA) is 83.7 Å². The summed E-state index contributed by atoms with van der Waals surface area (Å²) >= 11 is 0. The lowest BCUT2D eigenvalue weighted by atomic mass is 9.98. The summed E-state index contributed by atoms with van der Waals surface area (Å²) in [6.45, 7) is 2.62. The fourth-order valence-corrected chi connectivity index (χ4v) is 2.84. The van der Waals surface area contributed by atoms with E-state index in [4.69, 9.17) is 5.11 Å². The molecule has 21 heavy (non-hydrogen) atoms. The van der Waals surface area contributed by atoms with Crippen molar-refractivity contribution in [3.05, 3.63) is 33.6 Å². The first-order valence-electron chi connectivity index (χ1n) is 6.93. The molecule has 1 aliphatic heterocycles. The molecule has 0 radical (unpaired) electrons. The van der Waals surface area contributed by atoms with Gasteiger partial charge < -0.3 is 10.0 Å². The zero-order chi connectivity index (χ0) is 15.6. The largest absolute Gasteiger partial charge is 0.477 e. The Labute approximate surface area is 121 Å². The molecule has 1 N–H and O–H groups in total. The molecule has 114 valence electrons. The van der Waals surface area contributed by atoms with E-state index in [0.717, 1.165) is 31.7 Å².